The van der Waals surface area contributed by atoms with Gasteiger partial charge in [0.25, 0.3) is 5.56 Å². The number of carbonyl (C=O) groups is 1. The third kappa shape index (κ3) is 3.25. The number of morpholine rings is 1. The lowest BCUT2D eigenvalue weighted by Crippen LogP contribution is -2.40. The average molecular weight is 404 g/mol. The third-order valence-electron chi connectivity index (χ3n) is 5.29. The van der Waals surface area contributed by atoms with Crippen LogP contribution in [0.3, 0.4) is 0 Å². The van der Waals surface area contributed by atoms with Crippen molar-refractivity contribution in [3.8, 4) is 0 Å². The van der Waals surface area contributed by atoms with Crippen LogP contribution >= 0.6 is 0 Å². The first-order chi connectivity index (χ1) is 13.4. The zero-order valence-electron chi connectivity index (χ0n) is 15.1. The second kappa shape index (κ2) is 7.16. The second-order valence-electron chi connectivity index (χ2n) is 6.90. The number of carboxylic acids is 1. The Balaban J connectivity index is 1.75. The number of pyridine rings is 1. The first-order valence-electron chi connectivity index (χ1n) is 9.04. The van der Waals surface area contributed by atoms with Gasteiger partial charge in [0.1, 0.15) is 0 Å². The summed E-state index contributed by atoms with van der Waals surface area (Å²) in [7, 11) is -3.65. The number of rotatable bonds is 4. The molecule has 8 nitrogen and oxygen atoms in total. The Labute approximate surface area is 162 Å². The van der Waals surface area contributed by atoms with E-state index in [1.165, 1.54) is 27.2 Å². The van der Waals surface area contributed by atoms with Crippen molar-refractivity contribution < 1.29 is 23.1 Å². The van der Waals surface area contributed by atoms with E-state index in [2.05, 4.69) is 0 Å². The highest BCUT2D eigenvalue weighted by Crippen LogP contribution is 2.35. The highest BCUT2D eigenvalue weighted by atomic mass is 32.2. The van der Waals surface area contributed by atoms with Crippen molar-refractivity contribution in [2.75, 3.05) is 26.3 Å². The maximum absolute atomic E-state index is 13.0. The predicted molar refractivity (Wildman–Crippen MR) is 100 cm³/mol. The molecule has 2 aliphatic rings. The maximum atomic E-state index is 13.0. The molecule has 148 valence electrons. The maximum Gasteiger partial charge on any atom is 0.337 e. The van der Waals surface area contributed by atoms with Crippen LogP contribution in [0.4, 0.5) is 0 Å². The zero-order chi connectivity index (χ0) is 19.9. The number of hydrogen-bond donors (Lipinski definition) is 1. The smallest absolute Gasteiger partial charge is 0.337 e. The Bertz CT molecular complexity index is 1090. The van der Waals surface area contributed by atoms with E-state index in [0.717, 1.165) is 11.1 Å². The fourth-order valence-corrected chi connectivity index (χ4v) is 5.26. The Morgan fingerprint density at radius 3 is 2.61 bits per heavy atom. The largest absolute Gasteiger partial charge is 0.478 e. The van der Waals surface area contributed by atoms with E-state index in [1.54, 1.807) is 18.2 Å². The van der Waals surface area contributed by atoms with Crippen LogP contribution in [0, 0.1) is 0 Å². The van der Waals surface area contributed by atoms with Gasteiger partial charge in [-0.2, -0.15) is 4.31 Å². The van der Waals surface area contributed by atoms with Gasteiger partial charge in [0.2, 0.25) is 10.0 Å². The third-order valence-corrected chi connectivity index (χ3v) is 7.19. The number of carboxylic acid groups (broad SMARTS) is 1. The van der Waals surface area contributed by atoms with Crippen molar-refractivity contribution in [3.63, 3.8) is 0 Å². The molecule has 0 bridgehead atoms. The molecule has 0 saturated carbocycles. The molecule has 1 saturated heterocycles. The number of sulfonamides is 1. The predicted octanol–water partition coefficient (Wildman–Crippen LogP) is 1.10. The summed E-state index contributed by atoms with van der Waals surface area (Å²) in [5, 5.41) is 9.22. The summed E-state index contributed by atoms with van der Waals surface area (Å²) >= 11 is 0. The minimum absolute atomic E-state index is 0.0187. The highest BCUT2D eigenvalue weighted by Gasteiger charge is 2.30. The van der Waals surface area contributed by atoms with Crippen LogP contribution in [0.25, 0.3) is 0 Å². The monoisotopic (exact) mass is 404 g/mol. The molecule has 0 radical (unpaired) electrons. The van der Waals surface area contributed by atoms with Gasteiger partial charge < -0.3 is 14.4 Å². The fraction of sp³-hybridized carbons (Fsp3) is 0.368. The summed E-state index contributed by atoms with van der Waals surface area (Å²) in [4.78, 5) is 23.8. The van der Waals surface area contributed by atoms with Crippen molar-refractivity contribution in [3.05, 3.63) is 63.6 Å². The molecule has 2 aromatic rings. The van der Waals surface area contributed by atoms with E-state index in [1.807, 2.05) is 0 Å². The summed E-state index contributed by atoms with van der Waals surface area (Å²) in [6.45, 7) is 1.35. The molecule has 0 amide bonds. The number of fused-ring (bicyclic) bond motifs is 1. The normalized spacial score (nSPS) is 20.1. The molecule has 0 unspecified atom stereocenters. The molecule has 1 fully saturated rings. The lowest BCUT2D eigenvalue weighted by molar-refractivity contribution is 0.0695. The lowest BCUT2D eigenvalue weighted by Gasteiger charge is -2.26. The number of ether oxygens (including phenoxy) is 1. The fourth-order valence-electron chi connectivity index (χ4n) is 3.82. The first kappa shape index (κ1) is 18.9. The zero-order valence-corrected chi connectivity index (χ0v) is 15.9. The molecule has 1 aliphatic heterocycles. The number of nitrogens with zero attached hydrogens (tertiary/aromatic N) is 2. The SMILES string of the molecule is O=C(O)c1ccc(=O)n([C@@H]2CCc3ccc(S(=O)(=O)N4CCOCC4)cc32)c1. The summed E-state index contributed by atoms with van der Waals surface area (Å²) < 4.78 is 34.0. The average Bonchev–Trinajstić information content (AvgIpc) is 3.12. The van der Waals surface area contributed by atoms with Gasteiger partial charge in [-0.15, -0.1) is 0 Å². The Morgan fingerprint density at radius 2 is 1.89 bits per heavy atom. The van der Waals surface area contributed by atoms with E-state index in [-0.39, 0.29) is 22.1 Å². The molecule has 1 N–H and O–H groups in total. The van der Waals surface area contributed by atoms with Crippen LogP contribution in [0.1, 0.15) is 33.9 Å². The van der Waals surface area contributed by atoms with E-state index in [9.17, 15) is 23.1 Å². The van der Waals surface area contributed by atoms with E-state index >= 15 is 0 Å². The molecule has 1 atom stereocenters. The number of benzene rings is 1. The first-order valence-corrected chi connectivity index (χ1v) is 10.5. The molecule has 28 heavy (non-hydrogen) atoms. The summed E-state index contributed by atoms with van der Waals surface area (Å²) in [6.07, 6.45) is 2.63. The van der Waals surface area contributed by atoms with Gasteiger partial charge in [-0.1, -0.05) is 6.07 Å². The van der Waals surface area contributed by atoms with Crippen LogP contribution in [0.5, 0.6) is 0 Å². The van der Waals surface area contributed by atoms with Gasteiger partial charge >= 0.3 is 5.97 Å². The molecule has 9 heteroatoms. The second-order valence-corrected chi connectivity index (χ2v) is 8.84. The van der Waals surface area contributed by atoms with Gasteiger partial charge in [-0.3, -0.25) is 4.79 Å². The number of aryl methyl sites for hydroxylation is 1. The quantitative estimate of drug-likeness (QED) is 0.818. The van der Waals surface area contributed by atoms with Gasteiger partial charge in [0, 0.05) is 25.4 Å². The topological polar surface area (TPSA) is 106 Å². The minimum Gasteiger partial charge on any atom is -0.478 e. The van der Waals surface area contributed by atoms with Crippen molar-refractivity contribution in [1.82, 2.24) is 8.87 Å². The van der Waals surface area contributed by atoms with Crippen LogP contribution in [0.2, 0.25) is 0 Å². The van der Waals surface area contributed by atoms with Crippen LogP contribution < -0.4 is 5.56 Å². The van der Waals surface area contributed by atoms with E-state index in [0.29, 0.717) is 39.1 Å². The van der Waals surface area contributed by atoms with Gasteiger partial charge in [0.05, 0.1) is 29.7 Å². The molecule has 1 aliphatic carbocycles. The van der Waals surface area contributed by atoms with Crippen LogP contribution in [-0.4, -0.2) is 54.7 Å². The van der Waals surface area contributed by atoms with Crippen molar-refractivity contribution >= 4 is 16.0 Å². The lowest BCUT2D eigenvalue weighted by atomic mass is 10.1. The van der Waals surface area contributed by atoms with Crippen molar-refractivity contribution in [1.29, 1.82) is 0 Å². The van der Waals surface area contributed by atoms with Gasteiger partial charge in [0.15, 0.2) is 0 Å². The highest BCUT2D eigenvalue weighted by molar-refractivity contribution is 7.89. The molecule has 1 aromatic heterocycles. The molecule has 4 rings (SSSR count). The van der Waals surface area contributed by atoms with Crippen molar-refractivity contribution in [2.45, 2.75) is 23.8 Å². The Morgan fingerprint density at radius 1 is 1.14 bits per heavy atom. The summed E-state index contributed by atoms with van der Waals surface area (Å²) in [5.41, 5.74) is 1.42. The number of aromatic nitrogens is 1. The number of aromatic carboxylic acids is 1. The van der Waals surface area contributed by atoms with Gasteiger partial charge in [-0.05, 0) is 42.2 Å². The molecular weight excluding hydrogens is 384 g/mol. The van der Waals surface area contributed by atoms with Crippen LogP contribution in [0.15, 0.2) is 46.2 Å². The molecule has 1 aromatic carbocycles. The summed E-state index contributed by atoms with van der Waals surface area (Å²) in [6, 6.07) is 7.13. The minimum atomic E-state index is -3.65. The molecule has 0 spiro atoms. The molecular formula is C19H20N2O6S. The van der Waals surface area contributed by atoms with Crippen molar-refractivity contribution in [2.24, 2.45) is 0 Å². The van der Waals surface area contributed by atoms with E-state index in [4.69, 9.17) is 4.74 Å². The Kier molecular flexibility index (Phi) is 4.82. The standard InChI is InChI=1S/C19H20N2O6S/c22-18-6-3-14(19(23)24)12-21(18)17-5-2-13-1-4-15(11-16(13)17)28(25,26)20-7-9-27-10-8-20/h1,3-4,6,11-12,17H,2,5,7-10H2,(H,23,24)/t17-/m1/s1. The number of hydrogen-bond acceptors (Lipinski definition) is 5. The summed E-state index contributed by atoms with van der Waals surface area (Å²) in [5.74, 6) is -1.12. The van der Waals surface area contributed by atoms with Gasteiger partial charge in [-0.25, -0.2) is 13.2 Å². The Hall–Kier alpha value is -2.49. The molecule has 2 heterocycles. The van der Waals surface area contributed by atoms with E-state index < -0.39 is 16.0 Å². The van der Waals surface area contributed by atoms with Crippen LogP contribution in [-0.2, 0) is 21.2 Å².